The fourth-order valence-electron chi connectivity index (χ4n) is 2.32. The van der Waals surface area contributed by atoms with E-state index < -0.39 is 0 Å². The van der Waals surface area contributed by atoms with E-state index in [0.29, 0.717) is 0 Å². The zero-order valence-electron chi connectivity index (χ0n) is 10.3. The molecule has 0 unspecified atom stereocenters. The summed E-state index contributed by atoms with van der Waals surface area (Å²) < 4.78 is 5.71. The Morgan fingerprint density at radius 2 is 2.12 bits per heavy atom. The lowest BCUT2D eigenvalue weighted by atomic mass is 10.0. The molecule has 1 aromatic carbocycles. The van der Waals surface area contributed by atoms with Gasteiger partial charge in [0.1, 0.15) is 0 Å². The summed E-state index contributed by atoms with van der Waals surface area (Å²) in [6.45, 7) is 8.91. The van der Waals surface area contributed by atoms with E-state index in [1.54, 1.807) is 0 Å². The molecule has 2 rings (SSSR count). The van der Waals surface area contributed by atoms with Gasteiger partial charge in [-0.25, -0.2) is 0 Å². The van der Waals surface area contributed by atoms with E-state index in [-0.39, 0.29) is 5.60 Å². The monoisotopic (exact) mass is 220 g/mol. The van der Waals surface area contributed by atoms with Crippen molar-refractivity contribution in [3.8, 4) is 0 Å². The second kappa shape index (κ2) is 3.98. The van der Waals surface area contributed by atoms with E-state index in [1.807, 2.05) is 12.1 Å². The Labute approximate surface area is 97.2 Å². The average Bonchev–Trinajstić information content (AvgIpc) is 2.15. The summed E-state index contributed by atoms with van der Waals surface area (Å²) in [4.78, 5) is 2.33. The summed E-state index contributed by atoms with van der Waals surface area (Å²) in [5, 5.41) is 0. The lowest BCUT2D eigenvalue weighted by molar-refractivity contribution is -0.0276. The molecule has 88 valence electrons. The number of nitrogens with two attached hydrogens (primary N) is 1. The van der Waals surface area contributed by atoms with Crippen LogP contribution in [0.1, 0.15) is 19.4 Å². The zero-order chi connectivity index (χ0) is 11.8. The number of benzene rings is 1. The van der Waals surface area contributed by atoms with Crippen LogP contribution in [-0.4, -0.2) is 25.3 Å². The first-order valence-corrected chi connectivity index (χ1v) is 5.74. The van der Waals surface area contributed by atoms with Crippen LogP contribution in [0, 0.1) is 6.92 Å². The summed E-state index contributed by atoms with van der Waals surface area (Å²) in [6, 6.07) is 6.07. The van der Waals surface area contributed by atoms with Gasteiger partial charge in [-0.15, -0.1) is 0 Å². The summed E-state index contributed by atoms with van der Waals surface area (Å²) >= 11 is 0. The fourth-order valence-corrected chi connectivity index (χ4v) is 2.32. The topological polar surface area (TPSA) is 38.5 Å². The first-order valence-electron chi connectivity index (χ1n) is 5.74. The molecule has 0 aromatic heterocycles. The minimum absolute atomic E-state index is 0.0903. The molecule has 1 aliphatic rings. The summed E-state index contributed by atoms with van der Waals surface area (Å²) in [6.07, 6.45) is 0. The molecular weight excluding hydrogens is 200 g/mol. The third-order valence-electron chi connectivity index (χ3n) is 3.01. The molecule has 1 saturated heterocycles. The van der Waals surface area contributed by atoms with Gasteiger partial charge in [0.05, 0.1) is 23.6 Å². The number of hydrogen-bond donors (Lipinski definition) is 1. The summed E-state index contributed by atoms with van der Waals surface area (Å²) in [7, 11) is 0. The second-order valence-corrected chi connectivity index (χ2v) is 5.04. The van der Waals surface area contributed by atoms with Crippen molar-refractivity contribution in [2.75, 3.05) is 30.3 Å². The molecule has 0 amide bonds. The maximum absolute atomic E-state index is 6.06. The molecule has 0 saturated carbocycles. The highest BCUT2D eigenvalue weighted by Crippen LogP contribution is 2.30. The minimum Gasteiger partial charge on any atom is -0.397 e. The fraction of sp³-hybridized carbons (Fsp3) is 0.538. The molecule has 0 aliphatic carbocycles. The summed E-state index contributed by atoms with van der Waals surface area (Å²) in [5.41, 5.74) is 9.23. The average molecular weight is 220 g/mol. The minimum atomic E-state index is -0.0903. The highest BCUT2D eigenvalue weighted by atomic mass is 16.5. The van der Waals surface area contributed by atoms with Crippen molar-refractivity contribution in [1.29, 1.82) is 0 Å². The number of morpholine rings is 1. The Balaban J connectivity index is 2.30. The highest BCUT2D eigenvalue weighted by molar-refractivity contribution is 5.71. The molecule has 16 heavy (non-hydrogen) atoms. The highest BCUT2D eigenvalue weighted by Gasteiger charge is 2.28. The first-order chi connectivity index (χ1) is 7.49. The predicted octanol–water partition coefficient (Wildman–Crippen LogP) is 2.19. The number of rotatable bonds is 1. The maximum Gasteiger partial charge on any atom is 0.0801 e. The second-order valence-electron chi connectivity index (χ2n) is 5.04. The number of anilines is 2. The summed E-state index contributed by atoms with van der Waals surface area (Å²) in [5.74, 6) is 0. The van der Waals surface area contributed by atoms with E-state index in [9.17, 15) is 0 Å². The Kier molecular flexibility index (Phi) is 2.80. The number of nitrogens with zero attached hydrogens (tertiary/aromatic N) is 1. The van der Waals surface area contributed by atoms with E-state index in [2.05, 4.69) is 31.7 Å². The molecule has 3 heteroatoms. The van der Waals surface area contributed by atoms with Crippen LogP contribution >= 0.6 is 0 Å². The third-order valence-corrected chi connectivity index (χ3v) is 3.01. The molecule has 1 fully saturated rings. The van der Waals surface area contributed by atoms with Crippen LogP contribution in [0.5, 0.6) is 0 Å². The molecule has 0 bridgehead atoms. The van der Waals surface area contributed by atoms with Crippen molar-refractivity contribution in [3.05, 3.63) is 23.8 Å². The Morgan fingerprint density at radius 1 is 1.38 bits per heavy atom. The van der Waals surface area contributed by atoms with Gasteiger partial charge in [0.2, 0.25) is 0 Å². The number of aryl methyl sites for hydroxylation is 1. The van der Waals surface area contributed by atoms with Gasteiger partial charge in [-0.05, 0) is 32.4 Å². The van der Waals surface area contributed by atoms with Crippen molar-refractivity contribution in [2.45, 2.75) is 26.4 Å². The van der Waals surface area contributed by atoms with Gasteiger partial charge >= 0.3 is 0 Å². The number of para-hydroxylation sites is 1. The Morgan fingerprint density at radius 3 is 2.75 bits per heavy atom. The van der Waals surface area contributed by atoms with Gasteiger partial charge in [0.15, 0.2) is 0 Å². The van der Waals surface area contributed by atoms with E-state index in [1.165, 1.54) is 11.3 Å². The van der Waals surface area contributed by atoms with Crippen LogP contribution in [-0.2, 0) is 4.74 Å². The largest absolute Gasteiger partial charge is 0.397 e. The van der Waals surface area contributed by atoms with Gasteiger partial charge in [-0.1, -0.05) is 12.1 Å². The van der Waals surface area contributed by atoms with Crippen LogP contribution < -0.4 is 10.6 Å². The van der Waals surface area contributed by atoms with Crippen LogP contribution in [0.25, 0.3) is 0 Å². The molecule has 1 aromatic rings. The van der Waals surface area contributed by atoms with Crippen LogP contribution in [0.15, 0.2) is 18.2 Å². The van der Waals surface area contributed by atoms with Crippen molar-refractivity contribution >= 4 is 11.4 Å². The smallest absolute Gasteiger partial charge is 0.0801 e. The molecule has 1 aliphatic heterocycles. The number of hydrogen-bond acceptors (Lipinski definition) is 3. The van der Waals surface area contributed by atoms with Crippen molar-refractivity contribution in [2.24, 2.45) is 0 Å². The maximum atomic E-state index is 6.06. The molecule has 0 atom stereocenters. The molecule has 1 heterocycles. The van der Waals surface area contributed by atoms with Gasteiger partial charge in [0.25, 0.3) is 0 Å². The molecule has 0 radical (unpaired) electrons. The third kappa shape index (κ3) is 2.14. The molecular formula is C13H20N2O. The first kappa shape index (κ1) is 11.3. The van der Waals surface area contributed by atoms with Gasteiger partial charge in [-0.2, -0.15) is 0 Å². The SMILES string of the molecule is Cc1cccc(N)c1N1CCOC(C)(C)C1. The van der Waals surface area contributed by atoms with Gasteiger partial charge in [0, 0.05) is 13.1 Å². The lowest BCUT2D eigenvalue weighted by Gasteiger charge is -2.40. The molecule has 2 N–H and O–H groups in total. The molecule has 0 spiro atoms. The zero-order valence-corrected chi connectivity index (χ0v) is 10.3. The van der Waals surface area contributed by atoms with Crippen molar-refractivity contribution < 1.29 is 4.74 Å². The standard InChI is InChI=1S/C13H20N2O/c1-10-5-4-6-11(14)12(10)15-7-8-16-13(2,3)9-15/h4-6H,7-9,14H2,1-3H3. The van der Waals surface area contributed by atoms with Crippen LogP contribution in [0.3, 0.4) is 0 Å². The van der Waals surface area contributed by atoms with E-state index in [0.717, 1.165) is 25.4 Å². The quantitative estimate of drug-likeness (QED) is 0.737. The Bertz CT molecular complexity index is 367. The van der Waals surface area contributed by atoms with Crippen LogP contribution in [0.2, 0.25) is 0 Å². The molecule has 3 nitrogen and oxygen atoms in total. The predicted molar refractivity (Wildman–Crippen MR) is 67.8 cm³/mol. The lowest BCUT2D eigenvalue weighted by Crippen LogP contribution is -2.48. The van der Waals surface area contributed by atoms with Crippen molar-refractivity contribution in [3.63, 3.8) is 0 Å². The van der Waals surface area contributed by atoms with Gasteiger partial charge < -0.3 is 15.4 Å². The van der Waals surface area contributed by atoms with E-state index >= 15 is 0 Å². The number of ether oxygens (including phenoxy) is 1. The van der Waals surface area contributed by atoms with Crippen molar-refractivity contribution in [1.82, 2.24) is 0 Å². The van der Waals surface area contributed by atoms with Gasteiger partial charge in [-0.3, -0.25) is 0 Å². The number of nitrogen functional groups attached to an aromatic ring is 1. The van der Waals surface area contributed by atoms with E-state index in [4.69, 9.17) is 10.5 Å². The Hall–Kier alpha value is -1.22. The normalized spacial score (nSPS) is 19.8. The van der Waals surface area contributed by atoms with Crippen LogP contribution in [0.4, 0.5) is 11.4 Å².